The van der Waals surface area contributed by atoms with E-state index in [9.17, 15) is 9.59 Å². The van der Waals surface area contributed by atoms with Gasteiger partial charge in [-0.05, 0) is 18.1 Å². The van der Waals surface area contributed by atoms with Crippen molar-refractivity contribution in [2.75, 3.05) is 12.3 Å². The highest BCUT2D eigenvalue weighted by molar-refractivity contribution is 5.83. The van der Waals surface area contributed by atoms with Crippen LogP contribution in [0.4, 0.5) is 5.69 Å². The molecule has 0 heterocycles. The highest BCUT2D eigenvalue weighted by Gasteiger charge is 2.16. The Labute approximate surface area is 126 Å². The van der Waals surface area contributed by atoms with Crippen molar-refractivity contribution in [2.24, 2.45) is 5.73 Å². The first-order valence-electron chi connectivity index (χ1n) is 7.44. The molecular weight excluding hydrogens is 266 g/mol. The van der Waals surface area contributed by atoms with Crippen molar-refractivity contribution in [1.82, 2.24) is 4.90 Å². The highest BCUT2D eigenvalue weighted by atomic mass is 16.2. The van der Waals surface area contributed by atoms with Gasteiger partial charge in [0.05, 0.1) is 6.54 Å². The summed E-state index contributed by atoms with van der Waals surface area (Å²) in [6.07, 6.45) is 4.56. The average molecular weight is 291 g/mol. The van der Waals surface area contributed by atoms with E-state index in [1.807, 2.05) is 18.2 Å². The molecule has 1 aromatic carbocycles. The summed E-state index contributed by atoms with van der Waals surface area (Å²) < 4.78 is 0. The number of primary amides is 1. The van der Waals surface area contributed by atoms with Gasteiger partial charge >= 0.3 is 0 Å². The fourth-order valence-electron chi connectivity index (χ4n) is 2.17. The summed E-state index contributed by atoms with van der Waals surface area (Å²) >= 11 is 0. The van der Waals surface area contributed by atoms with Gasteiger partial charge in [-0.2, -0.15) is 0 Å². The number of para-hydroxylation sites is 1. The second kappa shape index (κ2) is 9.00. The first-order valence-corrected chi connectivity index (χ1v) is 7.44. The van der Waals surface area contributed by atoms with Crippen LogP contribution in [-0.2, 0) is 16.1 Å². The maximum absolute atomic E-state index is 12.2. The third kappa shape index (κ3) is 6.29. The van der Waals surface area contributed by atoms with Crippen LogP contribution >= 0.6 is 0 Å². The van der Waals surface area contributed by atoms with Crippen LogP contribution in [0.2, 0.25) is 0 Å². The van der Waals surface area contributed by atoms with Crippen LogP contribution in [0.3, 0.4) is 0 Å². The van der Waals surface area contributed by atoms with E-state index in [0.29, 0.717) is 18.7 Å². The molecule has 0 unspecified atom stereocenters. The summed E-state index contributed by atoms with van der Waals surface area (Å²) in [7, 11) is 0. The normalized spacial score (nSPS) is 10.3. The number of amides is 2. The molecule has 1 rings (SSSR count). The van der Waals surface area contributed by atoms with Crippen molar-refractivity contribution < 1.29 is 9.59 Å². The lowest BCUT2D eigenvalue weighted by Gasteiger charge is -2.22. The molecule has 0 aliphatic rings. The predicted molar refractivity (Wildman–Crippen MR) is 84.2 cm³/mol. The van der Waals surface area contributed by atoms with E-state index in [-0.39, 0.29) is 12.5 Å². The quantitative estimate of drug-likeness (QED) is 0.539. The number of carbonyl (C=O) groups excluding carboxylic acids is 2. The minimum atomic E-state index is -0.508. The Morgan fingerprint density at radius 3 is 2.48 bits per heavy atom. The van der Waals surface area contributed by atoms with Crippen LogP contribution in [0.5, 0.6) is 0 Å². The standard InChI is InChI=1S/C16H25N3O2/c1-2-3-4-5-10-16(21)19(12-15(18)20)11-13-8-6-7-9-14(13)17/h6-9H,2-5,10-12,17H2,1H3,(H2,18,20). The number of rotatable bonds is 9. The van der Waals surface area contributed by atoms with Gasteiger partial charge in [0, 0.05) is 18.7 Å². The minimum absolute atomic E-state index is 0.0480. The fraction of sp³-hybridized carbons (Fsp3) is 0.500. The zero-order valence-corrected chi connectivity index (χ0v) is 12.7. The van der Waals surface area contributed by atoms with Crippen molar-refractivity contribution in [3.8, 4) is 0 Å². The Morgan fingerprint density at radius 1 is 1.14 bits per heavy atom. The predicted octanol–water partition coefficient (Wildman–Crippen LogP) is 2.05. The van der Waals surface area contributed by atoms with Crippen molar-refractivity contribution in [2.45, 2.75) is 45.6 Å². The number of hydrogen-bond donors (Lipinski definition) is 2. The molecule has 0 radical (unpaired) electrons. The average Bonchev–Trinajstić information content (AvgIpc) is 2.44. The van der Waals surface area contributed by atoms with Crippen molar-refractivity contribution in [3.05, 3.63) is 29.8 Å². The lowest BCUT2D eigenvalue weighted by molar-refractivity contribution is -0.135. The molecule has 116 valence electrons. The molecule has 0 saturated heterocycles. The Morgan fingerprint density at radius 2 is 1.86 bits per heavy atom. The SMILES string of the molecule is CCCCCCC(=O)N(CC(N)=O)Cc1ccccc1N. The van der Waals surface area contributed by atoms with Crippen molar-refractivity contribution in [1.29, 1.82) is 0 Å². The topological polar surface area (TPSA) is 89.4 Å². The van der Waals surface area contributed by atoms with Gasteiger partial charge < -0.3 is 16.4 Å². The Bertz CT molecular complexity index is 474. The summed E-state index contributed by atoms with van der Waals surface area (Å²) in [5.41, 5.74) is 12.6. The molecule has 21 heavy (non-hydrogen) atoms. The fourth-order valence-corrected chi connectivity index (χ4v) is 2.17. The molecule has 5 nitrogen and oxygen atoms in total. The minimum Gasteiger partial charge on any atom is -0.398 e. The molecular formula is C16H25N3O2. The van der Waals surface area contributed by atoms with E-state index in [4.69, 9.17) is 11.5 Å². The van der Waals surface area contributed by atoms with Crippen molar-refractivity contribution in [3.63, 3.8) is 0 Å². The monoisotopic (exact) mass is 291 g/mol. The van der Waals surface area contributed by atoms with Crippen LogP contribution in [0.1, 0.15) is 44.6 Å². The summed E-state index contributed by atoms with van der Waals surface area (Å²) in [5, 5.41) is 0. The Hall–Kier alpha value is -2.04. The molecule has 4 N–H and O–H groups in total. The van der Waals surface area contributed by atoms with E-state index < -0.39 is 5.91 Å². The van der Waals surface area contributed by atoms with Crippen molar-refractivity contribution >= 4 is 17.5 Å². The van der Waals surface area contributed by atoms with Gasteiger partial charge in [-0.25, -0.2) is 0 Å². The van der Waals surface area contributed by atoms with Gasteiger partial charge in [0.1, 0.15) is 0 Å². The van der Waals surface area contributed by atoms with E-state index >= 15 is 0 Å². The number of nitrogens with zero attached hydrogens (tertiary/aromatic N) is 1. The molecule has 0 aliphatic carbocycles. The molecule has 0 aliphatic heterocycles. The van der Waals surface area contributed by atoms with Gasteiger partial charge in [0.15, 0.2) is 0 Å². The molecule has 0 bridgehead atoms. The maximum atomic E-state index is 12.2. The number of anilines is 1. The molecule has 0 atom stereocenters. The van der Waals surface area contributed by atoms with Crippen LogP contribution < -0.4 is 11.5 Å². The second-order valence-corrected chi connectivity index (χ2v) is 5.23. The van der Waals surface area contributed by atoms with Gasteiger partial charge in [0.25, 0.3) is 0 Å². The summed E-state index contributed by atoms with van der Waals surface area (Å²) in [4.78, 5) is 24.9. The summed E-state index contributed by atoms with van der Waals surface area (Å²) in [6.45, 7) is 2.38. The lowest BCUT2D eigenvalue weighted by atomic mass is 10.1. The zero-order valence-electron chi connectivity index (χ0n) is 12.7. The van der Waals surface area contributed by atoms with Gasteiger partial charge in [0.2, 0.25) is 11.8 Å². The number of carbonyl (C=O) groups is 2. The molecule has 2 amide bonds. The zero-order chi connectivity index (χ0) is 15.7. The smallest absolute Gasteiger partial charge is 0.237 e. The van der Waals surface area contributed by atoms with E-state index in [2.05, 4.69) is 6.92 Å². The van der Waals surface area contributed by atoms with Gasteiger partial charge in [-0.1, -0.05) is 44.4 Å². The Balaban J connectivity index is 2.64. The molecule has 5 heteroatoms. The van der Waals surface area contributed by atoms with Gasteiger partial charge in [-0.3, -0.25) is 9.59 Å². The largest absolute Gasteiger partial charge is 0.398 e. The number of hydrogen-bond acceptors (Lipinski definition) is 3. The van der Waals surface area contributed by atoms with Crippen LogP contribution in [-0.4, -0.2) is 23.3 Å². The molecule has 1 aromatic rings. The van der Waals surface area contributed by atoms with E-state index in [1.54, 1.807) is 6.07 Å². The summed E-state index contributed by atoms with van der Waals surface area (Å²) in [5.74, 6) is -0.556. The molecule has 0 fully saturated rings. The Kier molecular flexibility index (Phi) is 7.29. The van der Waals surface area contributed by atoms with E-state index in [1.165, 1.54) is 4.90 Å². The molecule has 0 saturated carbocycles. The second-order valence-electron chi connectivity index (χ2n) is 5.23. The highest BCUT2D eigenvalue weighted by Crippen LogP contribution is 2.15. The molecule has 0 spiro atoms. The van der Waals surface area contributed by atoms with Crippen LogP contribution in [0.15, 0.2) is 24.3 Å². The third-order valence-corrected chi connectivity index (χ3v) is 3.36. The first kappa shape index (κ1) is 17.0. The number of unbranched alkanes of at least 4 members (excludes halogenated alkanes) is 3. The number of nitrogen functional groups attached to an aromatic ring is 1. The number of nitrogens with two attached hydrogens (primary N) is 2. The third-order valence-electron chi connectivity index (χ3n) is 3.36. The molecule has 0 aromatic heterocycles. The maximum Gasteiger partial charge on any atom is 0.237 e. The lowest BCUT2D eigenvalue weighted by Crippen LogP contribution is -2.38. The van der Waals surface area contributed by atoms with Crippen LogP contribution in [0.25, 0.3) is 0 Å². The van der Waals surface area contributed by atoms with E-state index in [0.717, 1.165) is 31.2 Å². The van der Waals surface area contributed by atoms with Gasteiger partial charge in [-0.15, -0.1) is 0 Å². The van der Waals surface area contributed by atoms with Crippen LogP contribution in [0, 0.1) is 0 Å². The summed E-state index contributed by atoms with van der Waals surface area (Å²) in [6, 6.07) is 7.33. The number of benzene rings is 1. The first-order chi connectivity index (χ1) is 10.0.